The molecule has 1 aromatic heterocycles. The molecule has 0 bridgehead atoms. The lowest BCUT2D eigenvalue weighted by molar-refractivity contribution is 0.290. The first-order chi connectivity index (χ1) is 9.70. The smallest absolute Gasteiger partial charge is 0.165 e. The molecule has 1 N–H and O–H groups in total. The second-order valence-corrected chi connectivity index (χ2v) is 4.66. The van der Waals surface area contributed by atoms with Crippen molar-refractivity contribution >= 4 is 5.82 Å². The number of pyridine rings is 1. The number of nitrogens with zero attached hydrogens (tertiary/aromatic N) is 1. The molecule has 106 valence electrons. The van der Waals surface area contributed by atoms with E-state index >= 15 is 0 Å². The Morgan fingerprint density at radius 3 is 2.95 bits per heavy atom. The van der Waals surface area contributed by atoms with Crippen LogP contribution < -0.4 is 10.1 Å². The topological polar surface area (TPSA) is 34.2 Å². The molecular formula is C16H19FN2O. The number of aromatic nitrogens is 1. The predicted octanol–water partition coefficient (Wildman–Crippen LogP) is 3.93. The number of aryl methyl sites for hydroxylation is 1. The lowest BCUT2D eigenvalue weighted by Crippen LogP contribution is -2.07. The Morgan fingerprint density at radius 1 is 1.30 bits per heavy atom. The van der Waals surface area contributed by atoms with Crippen molar-refractivity contribution in [1.29, 1.82) is 0 Å². The summed E-state index contributed by atoms with van der Waals surface area (Å²) >= 11 is 0. The average Bonchev–Trinajstić information content (AvgIpc) is 2.47. The van der Waals surface area contributed by atoms with E-state index in [0.717, 1.165) is 29.9 Å². The molecule has 0 aliphatic carbocycles. The zero-order valence-corrected chi connectivity index (χ0v) is 11.8. The summed E-state index contributed by atoms with van der Waals surface area (Å²) in [5.74, 6) is 0.722. The summed E-state index contributed by atoms with van der Waals surface area (Å²) in [7, 11) is 0. The summed E-state index contributed by atoms with van der Waals surface area (Å²) in [6.45, 7) is 5.14. The summed E-state index contributed by atoms with van der Waals surface area (Å²) in [5, 5.41) is 3.24. The van der Waals surface area contributed by atoms with Gasteiger partial charge >= 0.3 is 0 Å². The minimum Gasteiger partial charge on any atom is -0.486 e. The molecule has 0 saturated heterocycles. The van der Waals surface area contributed by atoms with Crippen molar-refractivity contribution in [3.63, 3.8) is 0 Å². The highest BCUT2D eigenvalue weighted by Gasteiger charge is 2.07. The lowest BCUT2D eigenvalue weighted by Gasteiger charge is -2.12. The average molecular weight is 274 g/mol. The fourth-order valence-electron chi connectivity index (χ4n) is 1.83. The third kappa shape index (κ3) is 3.70. The van der Waals surface area contributed by atoms with E-state index in [1.165, 1.54) is 6.07 Å². The molecule has 0 unspecified atom stereocenters. The van der Waals surface area contributed by atoms with Crippen LogP contribution >= 0.6 is 0 Å². The SMILES string of the molecule is CCCNc1ncccc1COc1cc(C)ccc1F. The van der Waals surface area contributed by atoms with Crippen LogP contribution in [0.25, 0.3) is 0 Å². The number of nitrogens with one attached hydrogen (secondary N) is 1. The number of ether oxygens (including phenoxy) is 1. The van der Waals surface area contributed by atoms with Crippen molar-refractivity contribution in [3.05, 3.63) is 53.5 Å². The Kier molecular flexibility index (Phi) is 4.93. The van der Waals surface area contributed by atoms with Gasteiger partial charge in [0.25, 0.3) is 0 Å². The van der Waals surface area contributed by atoms with Crippen LogP contribution in [-0.2, 0) is 6.61 Å². The Bertz CT molecular complexity index is 572. The molecule has 0 atom stereocenters. The Hall–Kier alpha value is -2.10. The van der Waals surface area contributed by atoms with Crippen molar-refractivity contribution in [2.24, 2.45) is 0 Å². The third-order valence-corrected chi connectivity index (χ3v) is 2.90. The lowest BCUT2D eigenvalue weighted by atomic mass is 10.2. The molecule has 2 aromatic rings. The van der Waals surface area contributed by atoms with Crippen molar-refractivity contribution in [2.45, 2.75) is 26.9 Å². The monoisotopic (exact) mass is 274 g/mol. The fraction of sp³-hybridized carbons (Fsp3) is 0.312. The van der Waals surface area contributed by atoms with E-state index < -0.39 is 0 Å². The zero-order chi connectivity index (χ0) is 14.4. The van der Waals surface area contributed by atoms with Gasteiger partial charge in [-0.1, -0.05) is 19.1 Å². The maximum atomic E-state index is 13.6. The van der Waals surface area contributed by atoms with E-state index in [0.29, 0.717) is 6.61 Å². The molecule has 1 aromatic carbocycles. The van der Waals surface area contributed by atoms with Gasteiger partial charge in [0.1, 0.15) is 12.4 Å². The van der Waals surface area contributed by atoms with Gasteiger partial charge in [-0.25, -0.2) is 9.37 Å². The van der Waals surface area contributed by atoms with Crippen LogP contribution in [-0.4, -0.2) is 11.5 Å². The van der Waals surface area contributed by atoms with E-state index in [-0.39, 0.29) is 11.6 Å². The van der Waals surface area contributed by atoms with Crippen LogP contribution in [0.2, 0.25) is 0 Å². The molecule has 0 aliphatic heterocycles. The number of hydrogen-bond donors (Lipinski definition) is 1. The zero-order valence-electron chi connectivity index (χ0n) is 11.8. The van der Waals surface area contributed by atoms with E-state index in [2.05, 4.69) is 17.2 Å². The van der Waals surface area contributed by atoms with Gasteiger partial charge < -0.3 is 10.1 Å². The highest BCUT2D eigenvalue weighted by atomic mass is 19.1. The molecule has 20 heavy (non-hydrogen) atoms. The van der Waals surface area contributed by atoms with Gasteiger partial charge in [-0.2, -0.15) is 0 Å². The molecule has 0 amide bonds. The van der Waals surface area contributed by atoms with Crippen molar-refractivity contribution in [3.8, 4) is 5.75 Å². The molecule has 0 spiro atoms. The number of benzene rings is 1. The molecule has 0 aliphatic rings. The largest absolute Gasteiger partial charge is 0.486 e. The van der Waals surface area contributed by atoms with E-state index in [1.54, 1.807) is 18.3 Å². The van der Waals surface area contributed by atoms with Gasteiger partial charge in [-0.05, 0) is 37.1 Å². The maximum Gasteiger partial charge on any atom is 0.165 e. The summed E-state index contributed by atoms with van der Waals surface area (Å²) in [4.78, 5) is 4.28. The Morgan fingerprint density at radius 2 is 2.15 bits per heavy atom. The maximum absolute atomic E-state index is 13.6. The number of halogens is 1. The van der Waals surface area contributed by atoms with Gasteiger partial charge in [0.05, 0.1) is 0 Å². The van der Waals surface area contributed by atoms with Gasteiger partial charge in [0, 0.05) is 18.3 Å². The predicted molar refractivity (Wildman–Crippen MR) is 78.5 cm³/mol. The molecule has 0 saturated carbocycles. The first-order valence-corrected chi connectivity index (χ1v) is 6.77. The van der Waals surface area contributed by atoms with Crippen molar-refractivity contribution < 1.29 is 9.13 Å². The number of rotatable bonds is 6. The molecule has 0 fully saturated rings. The number of hydrogen-bond acceptors (Lipinski definition) is 3. The standard InChI is InChI=1S/C16H19FN2O/c1-3-8-18-16-13(5-4-9-19-16)11-20-15-10-12(2)6-7-14(15)17/h4-7,9-10H,3,8,11H2,1-2H3,(H,18,19). The molecule has 2 rings (SSSR count). The van der Waals surface area contributed by atoms with Crippen LogP contribution in [0.5, 0.6) is 5.75 Å². The van der Waals surface area contributed by atoms with Crippen LogP contribution in [0, 0.1) is 12.7 Å². The second-order valence-electron chi connectivity index (χ2n) is 4.66. The molecule has 4 heteroatoms. The van der Waals surface area contributed by atoms with Gasteiger partial charge in [-0.3, -0.25) is 0 Å². The number of anilines is 1. The van der Waals surface area contributed by atoms with Gasteiger partial charge in [0.2, 0.25) is 0 Å². The quantitative estimate of drug-likeness (QED) is 0.866. The summed E-state index contributed by atoms with van der Waals surface area (Å²) < 4.78 is 19.2. The van der Waals surface area contributed by atoms with Gasteiger partial charge in [-0.15, -0.1) is 0 Å². The van der Waals surface area contributed by atoms with Crippen LogP contribution in [0.3, 0.4) is 0 Å². The molecular weight excluding hydrogens is 255 g/mol. The molecule has 0 radical (unpaired) electrons. The minimum absolute atomic E-state index is 0.273. The van der Waals surface area contributed by atoms with Crippen LogP contribution in [0.15, 0.2) is 36.5 Å². The van der Waals surface area contributed by atoms with Crippen LogP contribution in [0.4, 0.5) is 10.2 Å². The minimum atomic E-state index is -0.345. The van der Waals surface area contributed by atoms with E-state index in [1.807, 2.05) is 19.1 Å². The van der Waals surface area contributed by atoms with E-state index in [9.17, 15) is 4.39 Å². The highest BCUT2D eigenvalue weighted by Crippen LogP contribution is 2.21. The first-order valence-electron chi connectivity index (χ1n) is 6.77. The first kappa shape index (κ1) is 14.3. The third-order valence-electron chi connectivity index (χ3n) is 2.90. The Labute approximate surface area is 118 Å². The van der Waals surface area contributed by atoms with Gasteiger partial charge in [0.15, 0.2) is 11.6 Å². The molecule has 3 nitrogen and oxygen atoms in total. The summed E-state index contributed by atoms with van der Waals surface area (Å²) in [6.07, 6.45) is 2.75. The highest BCUT2D eigenvalue weighted by molar-refractivity contribution is 5.43. The summed E-state index contributed by atoms with van der Waals surface area (Å²) in [5.41, 5.74) is 1.89. The second kappa shape index (κ2) is 6.89. The normalized spacial score (nSPS) is 10.3. The Balaban J connectivity index is 2.08. The fourth-order valence-corrected chi connectivity index (χ4v) is 1.83. The molecule has 1 heterocycles. The summed E-state index contributed by atoms with van der Waals surface area (Å²) in [6, 6.07) is 8.62. The van der Waals surface area contributed by atoms with Crippen LogP contribution in [0.1, 0.15) is 24.5 Å². The van der Waals surface area contributed by atoms with Crippen molar-refractivity contribution in [1.82, 2.24) is 4.98 Å². The van der Waals surface area contributed by atoms with Crippen molar-refractivity contribution in [2.75, 3.05) is 11.9 Å². The van der Waals surface area contributed by atoms with E-state index in [4.69, 9.17) is 4.74 Å².